The second-order valence-corrected chi connectivity index (χ2v) is 6.17. The monoisotopic (exact) mass is 315 g/mol. The molecule has 0 fully saturated rings. The first kappa shape index (κ1) is 13.9. The van der Waals surface area contributed by atoms with E-state index in [1.165, 1.54) is 0 Å². The molecule has 0 atom stereocenters. The van der Waals surface area contributed by atoms with Crippen LogP contribution in [0.25, 0.3) is 10.2 Å². The zero-order valence-corrected chi connectivity index (χ0v) is 13.0. The molecule has 21 heavy (non-hydrogen) atoms. The van der Waals surface area contributed by atoms with Gasteiger partial charge in [-0.15, -0.1) is 11.3 Å². The van der Waals surface area contributed by atoms with E-state index in [1.807, 2.05) is 24.3 Å². The van der Waals surface area contributed by atoms with Crippen LogP contribution in [0, 0.1) is 4.64 Å². The third-order valence-corrected chi connectivity index (χ3v) is 4.46. The first-order chi connectivity index (χ1) is 10.1. The molecule has 0 aliphatic rings. The lowest BCUT2D eigenvalue weighted by Crippen LogP contribution is -2.26. The Morgan fingerprint density at radius 3 is 2.90 bits per heavy atom. The maximum atomic E-state index is 12.4. The van der Waals surface area contributed by atoms with Crippen LogP contribution in [0.1, 0.15) is 15.4 Å². The Hall–Kier alpha value is -2.05. The fourth-order valence-corrected chi connectivity index (χ4v) is 3.30. The summed E-state index contributed by atoms with van der Waals surface area (Å²) in [6, 6.07) is 11.5. The summed E-state index contributed by atoms with van der Waals surface area (Å²) in [6.45, 7) is 0.474. The smallest absolute Gasteiger partial charge is 0.256 e. The number of benzene rings is 1. The number of para-hydroxylation sites is 1. The summed E-state index contributed by atoms with van der Waals surface area (Å²) in [6.07, 6.45) is 1.71. The number of fused-ring (bicyclic) bond motifs is 1. The van der Waals surface area contributed by atoms with Gasteiger partial charge in [0.2, 0.25) is 0 Å². The van der Waals surface area contributed by atoms with Gasteiger partial charge in [0.1, 0.15) is 9.65 Å². The van der Waals surface area contributed by atoms with Gasteiger partial charge in [-0.05, 0) is 24.3 Å². The van der Waals surface area contributed by atoms with Crippen molar-refractivity contribution in [3.63, 3.8) is 0 Å². The molecule has 0 spiro atoms. The van der Waals surface area contributed by atoms with Gasteiger partial charge < -0.3 is 9.88 Å². The maximum absolute atomic E-state index is 12.4. The van der Waals surface area contributed by atoms with Crippen LogP contribution >= 0.6 is 23.6 Å². The van der Waals surface area contributed by atoms with Crippen LogP contribution in [0.3, 0.4) is 0 Å². The summed E-state index contributed by atoms with van der Waals surface area (Å²) in [5, 5.41) is 0.915. The summed E-state index contributed by atoms with van der Waals surface area (Å²) in [5.74, 6) is -0.101. The fraction of sp³-hybridized carbons (Fsp3) is 0.133. The number of aromatic amines is 1. The van der Waals surface area contributed by atoms with Crippen molar-refractivity contribution in [2.75, 3.05) is 7.05 Å². The van der Waals surface area contributed by atoms with Crippen LogP contribution in [-0.4, -0.2) is 27.8 Å². The molecule has 3 rings (SSSR count). The molecular weight excluding hydrogens is 302 g/mol. The quantitative estimate of drug-likeness (QED) is 0.751. The van der Waals surface area contributed by atoms with Crippen molar-refractivity contribution in [3.8, 4) is 0 Å². The van der Waals surface area contributed by atoms with E-state index in [9.17, 15) is 4.79 Å². The van der Waals surface area contributed by atoms with Crippen molar-refractivity contribution >= 4 is 39.7 Å². The molecule has 0 aliphatic heterocycles. The maximum Gasteiger partial charge on any atom is 0.256 e. The zero-order valence-electron chi connectivity index (χ0n) is 11.4. The van der Waals surface area contributed by atoms with E-state index in [2.05, 4.69) is 9.97 Å². The summed E-state index contributed by atoms with van der Waals surface area (Å²) >= 11 is 6.75. The minimum Gasteiger partial charge on any atom is -0.352 e. The SMILES string of the molecule is CN(Cc1nc2ccccc2s1)C(=O)c1ccc[nH]c1=S. The van der Waals surface area contributed by atoms with E-state index in [0.29, 0.717) is 16.7 Å². The lowest BCUT2D eigenvalue weighted by Gasteiger charge is -2.15. The molecule has 1 N–H and O–H groups in total. The van der Waals surface area contributed by atoms with E-state index < -0.39 is 0 Å². The number of carbonyl (C=O) groups excluding carboxylic acids is 1. The highest BCUT2D eigenvalue weighted by molar-refractivity contribution is 7.71. The molecule has 1 aromatic carbocycles. The lowest BCUT2D eigenvalue weighted by atomic mass is 10.2. The molecule has 0 radical (unpaired) electrons. The molecular formula is C15H13N3OS2. The molecule has 6 heteroatoms. The van der Waals surface area contributed by atoms with Crippen molar-refractivity contribution in [1.29, 1.82) is 0 Å². The first-order valence-electron chi connectivity index (χ1n) is 6.43. The number of hydrogen-bond acceptors (Lipinski definition) is 4. The molecule has 0 aliphatic carbocycles. The first-order valence-corrected chi connectivity index (χ1v) is 7.65. The lowest BCUT2D eigenvalue weighted by molar-refractivity contribution is 0.0784. The van der Waals surface area contributed by atoms with Crippen molar-refractivity contribution in [3.05, 3.63) is 57.8 Å². The minimum absolute atomic E-state index is 0.101. The van der Waals surface area contributed by atoms with Crippen molar-refractivity contribution in [2.24, 2.45) is 0 Å². The predicted molar refractivity (Wildman–Crippen MR) is 87.0 cm³/mol. The van der Waals surface area contributed by atoms with E-state index in [0.717, 1.165) is 15.2 Å². The van der Waals surface area contributed by atoms with Crippen LogP contribution in [0.15, 0.2) is 42.6 Å². The topological polar surface area (TPSA) is 49.0 Å². The molecule has 0 saturated heterocycles. The van der Waals surface area contributed by atoms with Gasteiger partial charge >= 0.3 is 0 Å². The number of nitrogens with one attached hydrogen (secondary N) is 1. The van der Waals surface area contributed by atoms with E-state index in [1.54, 1.807) is 41.6 Å². The molecule has 4 nitrogen and oxygen atoms in total. The predicted octanol–water partition coefficient (Wildman–Crippen LogP) is 3.63. The molecule has 0 saturated carbocycles. The number of pyridine rings is 1. The summed E-state index contributed by atoms with van der Waals surface area (Å²) in [4.78, 5) is 21.5. The Morgan fingerprint density at radius 2 is 2.14 bits per heavy atom. The normalized spacial score (nSPS) is 10.7. The third kappa shape index (κ3) is 2.86. The molecule has 0 unspecified atom stereocenters. The van der Waals surface area contributed by atoms with Crippen molar-refractivity contribution < 1.29 is 4.79 Å². The number of thiazole rings is 1. The van der Waals surface area contributed by atoms with Crippen LogP contribution in [0.5, 0.6) is 0 Å². The molecule has 0 bridgehead atoms. The number of carbonyl (C=O) groups is 1. The van der Waals surface area contributed by atoms with E-state index in [4.69, 9.17) is 12.2 Å². The molecule has 1 amide bonds. The van der Waals surface area contributed by atoms with Crippen molar-refractivity contribution in [2.45, 2.75) is 6.54 Å². The third-order valence-electron chi connectivity index (χ3n) is 3.11. The summed E-state index contributed by atoms with van der Waals surface area (Å²) in [7, 11) is 1.76. The summed E-state index contributed by atoms with van der Waals surface area (Å²) in [5.41, 5.74) is 1.48. The molecule has 2 aromatic heterocycles. The Balaban J connectivity index is 1.82. The highest BCUT2D eigenvalue weighted by Crippen LogP contribution is 2.22. The number of hydrogen-bond donors (Lipinski definition) is 1. The van der Waals surface area contributed by atoms with Gasteiger partial charge in [-0.1, -0.05) is 24.4 Å². The van der Waals surface area contributed by atoms with Gasteiger partial charge in [0.15, 0.2) is 0 Å². The standard InChI is InChI=1S/C15H13N3OS2/c1-18(15(19)10-5-4-8-16-14(10)20)9-13-17-11-6-2-3-7-12(11)21-13/h2-8H,9H2,1H3,(H,16,20). The van der Waals surface area contributed by atoms with Gasteiger partial charge in [-0.3, -0.25) is 4.79 Å². The van der Waals surface area contributed by atoms with Gasteiger partial charge in [0.25, 0.3) is 5.91 Å². The van der Waals surface area contributed by atoms with Crippen LogP contribution in [0.2, 0.25) is 0 Å². The highest BCUT2D eigenvalue weighted by atomic mass is 32.1. The Kier molecular flexibility index (Phi) is 3.81. The van der Waals surface area contributed by atoms with Crippen LogP contribution in [0.4, 0.5) is 0 Å². The largest absolute Gasteiger partial charge is 0.352 e. The number of aromatic nitrogens is 2. The average molecular weight is 315 g/mol. The summed E-state index contributed by atoms with van der Waals surface area (Å²) < 4.78 is 1.59. The van der Waals surface area contributed by atoms with E-state index >= 15 is 0 Å². The molecule has 3 aromatic rings. The molecule has 2 heterocycles. The number of H-pyrrole nitrogens is 1. The number of rotatable bonds is 3. The average Bonchev–Trinajstić information content (AvgIpc) is 2.89. The minimum atomic E-state index is -0.101. The van der Waals surface area contributed by atoms with Crippen LogP contribution in [-0.2, 0) is 6.54 Å². The van der Waals surface area contributed by atoms with Gasteiger partial charge in [-0.2, -0.15) is 0 Å². The Morgan fingerprint density at radius 1 is 1.33 bits per heavy atom. The van der Waals surface area contributed by atoms with Gasteiger partial charge in [-0.25, -0.2) is 4.98 Å². The van der Waals surface area contributed by atoms with Crippen molar-refractivity contribution in [1.82, 2.24) is 14.9 Å². The second kappa shape index (κ2) is 5.75. The molecule has 106 valence electrons. The van der Waals surface area contributed by atoms with E-state index in [-0.39, 0.29) is 5.91 Å². The van der Waals surface area contributed by atoms with Gasteiger partial charge in [0.05, 0.1) is 22.3 Å². The van der Waals surface area contributed by atoms with Gasteiger partial charge in [0, 0.05) is 13.2 Å². The fourth-order valence-electron chi connectivity index (χ4n) is 2.06. The second-order valence-electron chi connectivity index (χ2n) is 4.65. The number of nitrogens with zero attached hydrogens (tertiary/aromatic N) is 2. The zero-order chi connectivity index (χ0) is 14.8. The number of amides is 1. The Bertz CT molecular complexity index is 820. The Labute approximate surface area is 131 Å². The highest BCUT2D eigenvalue weighted by Gasteiger charge is 2.15. The van der Waals surface area contributed by atoms with Crippen LogP contribution < -0.4 is 0 Å².